The van der Waals surface area contributed by atoms with Crippen LogP contribution in [0.4, 0.5) is 4.79 Å². The lowest BCUT2D eigenvalue weighted by Crippen LogP contribution is -2.69. The van der Waals surface area contributed by atoms with Crippen LogP contribution in [0.15, 0.2) is 54.6 Å². The van der Waals surface area contributed by atoms with Crippen LogP contribution >= 0.6 is 0 Å². The summed E-state index contributed by atoms with van der Waals surface area (Å²) in [7, 11) is 1.57. The molecule has 0 radical (unpaired) electrons. The van der Waals surface area contributed by atoms with E-state index in [2.05, 4.69) is 10.2 Å². The third kappa shape index (κ3) is 6.12. The summed E-state index contributed by atoms with van der Waals surface area (Å²) in [6, 6.07) is 16.5. The summed E-state index contributed by atoms with van der Waals surface area (Å²) < 4.78 is 11.5. The molecule has 4 saturated heterocycles. The number of piperidine rings is 3. The first-order chi connectivity index (χ1) is 19.4. The van der Waals surface area contributed by atoms with E-state index in [4.69, 9.17) is 9.47 Å². The Balaban J connectivity index is 1.16. The normalized spacial score (nSPS) is 22.5. The smallest absolute Gasteiger partial charge is 0.408 e. The van der Waals surface area contributed by atoms with E-state index in [1.165, 1.54) is 4.90 Å². The monoisotopic (exact) mass is 548 g/mol. The van der Waals surface area contributed by atoms with E-state index in [9.17, 15) is 19.2 Å². The summed E-state index contributed by atoms with van der Waals surface area (Å²) in [5.41, 5.74) is 0.724. The van der Waals surface area contributed by atoms with Crippen molar-refractivity contribution in [2.75, 3.05) is 52.9 Å². The fourth-order valence-corrected chi connectivity index (χ4v) is 5.78. The van der Waals surface area contributed by atoms with Crippen molar-refractivity contribution in [1.29, 1.82) is 0 Å². The zero-order chi connectivity index (χ0) is 28.1. The number of nitrogens with zero attached hydrogens (tertiary/aromatic N) is 3. The molecular weight excluding hydrogens is 512 g/mol. The van der Waals surface area contributed by atoms with Crippen molar-refractivity contribution in [1.82, 2.24) is 20.0 Å². The second kappa shape index (κ2) is 12.1. The summed E-state index contributed by atoms with van der Waals surface area (Å²) in [5.74, 6) is 0.636. The molecule has 10 heteroatoms. The van der Waals surface area contributed by atoms with E-state index in [1.807, 2.05) is 30.3 Å². The minimum Gasteiger partial charge on any atom is -0.493 e. The topological polar surface area (TPSA) is 108 Å². The van der Waals surface area contributed by atoms with Crippen LogP contribution in [0.5, 0.6) is 5.75 Å². The van der Waals surface area contributed by atoms with Gasteiger partial charge in [-0.1, -0.05) is 30.3 Å². The number of amides is 3. The number of carbonyl (C=O) groups excluding carboxylic acids is 4. The van der Waals surface area contributed by atoms with Gasteiger partial charge in [-0.25, -0.2) is 4.79 Å². The van der Waals surface area contributed by atoms with E-state index < -0.39 is 11.6 Å². The number of hydrogen-bond acceptors (Lipinski definition) is 7. The van der Waals surface area contributed by atoms with E-state index in [1.54, 1.807) is 36.2 Å². The van der Waals surface area contributed by atoms with Crippen LogP contribution in [0.25, 0.3) is 0 Å². The Hall–Kier alpha value is -3.92. The molecule has 3 amide bonds. The van der Waals surface area contributed by atoms with E-state index in [-0.39, 0.29) is 37.5 Å². The highest BCUT2D eigenvalue weighted by atomic mass is 16.6. The van der Waals surface area contributed by atoms with Gasteiger partial charge in [0, 0.05) is 19.2 Å². The average molecular weight is 549 g/mol. The van der Waals surface area contributed by atoms with Gasteiger partial charge in [0.15, 0.2) is 0 Å². The first-order valence-electron chi connectivity index (χ1n) is 13.8. The Morgan fingerprint density at radius 1 is 1.05 bits per heavy atom. The molecule has 4 aliphatic heterocycles. The van der Waals surface area contributed by atoms with Gasteiger partial charge in [-0.15, -0.1) is 0 Å². The summed E-state index contributed by atoms with van der Waals surface area (Å²) in [4.78, 5) is 54.2. The second-order valence-electron chi connectivity index (χ2n) is 10.9. The van der Waals surface area contributed by atoms with Gasteiger partial charge in [0.1, 0.15) is 23.7 Å². The van der Waals surface area contributed by atoms with Crippen LogP contribution in [0.2, 0.25) is 0 Å². The van der Waals surface area contributed by atoms with Crippen molar-refractivity contribution in [3.63, 3.8) is 0 Å². The molecule has 0 saturated carbocycles. The quantitative estimate of drug-likeness (QED) is 0.454. The Labute approximate surface area is 234 Å². The molecule has 212 valence electrons. The number of alkyl carbamates (subject to hydrolysis) is 1. The molecule has 0 aromatic heterocycles. The lowest BCUT2D eigenvalue weighted by atomic mass is 9.82. The van der Waals surface area contributed by atoms with Gasteiger partial charge >= 0.3 is 6.09 Å². The average Bonchev–Trinajstić information content (AvgIpc) is 2.96. The van der Waals surface area contributed by atoms with Crippen LogP contribution in [-0.2, 0) is 19.9 Å². The number of fused-ring (bicyclic) bond motifs is 3. The van der Waals surface area contributed by atoms with Gasteiger partial charge in [0.25, 0.3) is 5.91 Å². The molecule has 40 heavy (non-hydrogen) atoms. The van der Waals surface area contributed by atoms with E-state index in [0.29, 0.717) is 36.6 Å². The molecular formula is C30H36N4O6. The van der Waals surface area contributed by atoms with Crippen molar-refractivity contribution >= 4 is 24.2 Å². The third-order valence-electron chi connectivity index (χ3n) is 8.19. The van der Waals surface area contributed by atoms with Crippen molar-refractivity contribution in [2.45, 2.75) is 30.9 Å². The molecule has 4 aliphatic rings. The van der Waals surface area contributed by atoms with Crippen molar-refractivity contribution in [3.8, 4) is 5.75 Å². The number of likely N-dealkylation sites (N-methyl/N-ethyl adjacent to an activating group) is 1. The van der Waals surface area contributed by atoms with Gasteiger partial charge in [0.2, 0.25) is 5.91 Å². The van der Waals surface area contributed by atoms with Gasteiger partial charge < -0.3 is 29.4 Å². The minimum atomic E-state index is -0.714. The zero-order valence-electron chi connectivity index (χ0n) is 22.8. The molecule has 10 nitrogen and oxygen atoms in total. The SMILES string of the molecule is CN(CC=O)C(=O)CCOc1ccc(C(=O)N2CC(NC(=O)O[C@H]3CN4CCC3CC4)(c3ccccc3)C2)cc1. The highest BCUT2D eigenvalue weighted by molar-refractivity contribution is 5.95. The highest BCUT2D eigenvalue weighted by Crippen LogP contribution is 2.34. The lowest BCUT2D eigenvalue weighted by Gasteiger charge is -2.51. The van der Waals surface area contributed by atoms with E-state index >= 15 is 0 Å². The summed E-state index contributed by atoms with van der Waals surface area (Å²) >= 11 is 0. The van der Waals surface area contributed by atoms with Gasteiger partial charge in [0.05, 0.1) is 32.7 Å². The number of likely N-dealkylation sites (tertiary alicyclic amines) is 1. The molecule has 1 N–H and O–H groups in total. The Morgan fingerprint density at radius 2 is 1.75 bits per heavy atom. The van der Waals surface area contributed by atoms with Crippen molar-refractivity contribution in [3.05, 3.63) is 65.7 Å². The maximum Gasteiger partial charge on any atom is 0.408 e. The predicted molar refractivity (Wildman–Crippen MR) is 147 cm³/mol. The van der Waals surface area contributed by atoms with Crippen LogP contribution in [0.1, 0.15) is 35.2 Å². The Morgan fingerprint density at radius 3 is 2.38 bits per heavy atom. The summed E-state index contributed by atoms with van der Waals surface area (Å²) in [5, 5.41) is 3.10. The zero-order valence-corrected chi connectivity index (χ0v) is 22.8. The van der Waals surface area contributed by atoms with Crippen molar-refractivity contribution < 1.29 is 28.7 Å². The van der Waals surface area contributed by atoms with Crippen molar-refractivity contribution in [2.24, 2.45) is 5.92 Å². The molecule has 4 fully saturated rings. The molecule has 4 heterocycles. The Kier molecular flexibility index (Phi) is 8.35. The second-order valence-corrected chi connectivity index (χ2v) is 10.9. The molecule has 1 atom stereocenters. The first-order valence-corrected chi connectivity index (χ1v) is 13.8. The molecule has 0 unspecified atom stereocenters. The van der Waals surface area contributed by atoms with Crippen LogP contribution in [0.3, 0.4) is 0 Å². The number of nitrogens with one attached hydrogen (secondary N) is 1. The first kappa shape index (κ1) is 27.6. The fourth-order valence-electron chi connectivity index (χ4n) is 5.78. The van der Waals surface area contributed by atoms with Crippen LogP contribution < -0.4 is 10.1 Å². The largest absolute Gasteiger partial charge is 0.493 e. The van der Waals surface area contributed by atoms with Gasteiger partial charge in [-0.3, -0.25) is 14.5 Å². The van der Waals surface area contributed by atoms with Crippen LogP contribution in [-0.4, -0.2) is 97.9 Å². The number of carbonyl (C=O) groups is 4. The molecule has 0 aliphatic carbocycles. The maximum absolute atomic E-state index is 13.2. The standard InChI is InChI=1S/C30H36N4O6/c1-32(16-17-35)27(36)13-18-39-25-9-7-23(8-10-25)28(37)34-20-30(21-34,24-5-3-2-4-6-24)31-29(38)40-26-19-33-14-11-22(26)12-15-33/h2-10,17,22,26H,11-16,18-21H2,1H3,(H,31,38)/t26-/m0/s1. The van der Waals surface area contributed by atoms with Gasteiger partial charge in [-0.2, -0.15) is 0 Å². The summed E-state index contributed by atoms with van der Waals surface area (Å²) in [6.45, 7) is 3.82. The molecule has 2 aromatic carbocycles. The number of hydrogen-bond donors (Lipinski definition) is 1. The molecule has 2 bridgehead atoms. The molecule has 0 spiro atoms. The number of aldehydes is 1. The van der Waals surface area contributed by atoms with Crippen LogP contribution in [0, 0.1) is 5.92 Å². The number of ether oxygens (including phenoxy) is 2. The lowest BCUT2D eigenvalue weighted by molar-refractivity contribution is -0.132. The fraction of sp³-hybridized carbons (Fsp3) is 0.467. The number of rotatable bonds is 10. The van der Waals surface area contributed by atoms with E-state index in [0.717, 1.165) is 38.0 Å². The Bertz CT molecular complexity index is 1210. The maximum atomic E-state index is 13.2. The third-order valence-corrected chi connectivity index (χ3v) is 8.19. The summed E-state index contributed by atoms with van der Waals surface area (Å²) in [6.07, 6.45) is 2.42. The van der Waals surface area contributed by atoms with Gasteiger partial charge in [-0.05, 0) is 61.7 Å². The predicted octanol–water partition coefficient (Wildman–Crippen LogP) is 2.28. The highest BCUT2D eigenvalue weighted by Gasteiger charge is 2.49. The minimum absolute atomic E-state index is 0.0497. The molecule has 2 aromatic rings. The molecule has 6 rings (SSSR count). The number of benzene rings is 2.